The summed E-state index contributed by atoms with van der Waals surface area (Å²) in [5.74, 6) is 0.727. The van der Waals surface area contributed by atoms with Crippen LogP contribution in [0.25, 0.3) is 0 Å². The zero-order chi connectivity index (χ0) is 12.1. The lowest BCUT2D eigenvalue weighted by atomic mass is 10.0. The van der Waals surface area contributed by atoms with Crippen molar-refractivity contribution in [3.8, 4) is 0 Å². The summed E-state index contributed by atoms with van der Waals surface area (Å²) in [6.07, 6.45) is 5.03. The van der Waals surface area contributed by atoms with Crippen molar-refractivity contribution in [2.24, 2.45) is 5.92 Å². The van der Waals surface area contributed by atoms with Gasteiger partial charge in [-0.2, -0.15) is 0 Å². The Labute approximate surface area is 103 Å². The van der Waals surface area contributed by atoms with E-state index in [1.165, 1.54) is 11.1 Å². The number of carbonyl (C=O) groups excluding carboxylic acids is 1. The summed E-state index contributed by atoms with van der Waals surface area (Å²) in [5, 5.41) is 3.00. The molecule has 0 aliphatic heterocycles. The number of benzene rings is 1. The van der Waals surface area contributed by atoms with E-state index in [1.807, 2.05) is 0 Å². The van der Waals surface area contributed by atoms with Crippen LogP contribution < -0.4 is 5.32 Å². The Kier molecular flexibility index (Phi) is 4.18. The van der Waals surface area contributed by atoms with E-state index in [1.54, 1.807) is 0 Å². The largest absolute Gasteiger partial charge is 0.356 e. The maximum absolute atomic E-state index is 11.7. The van der Waals surface area contributed by atoms with Crippen molar-refractivity contribution in [2.45, 2.75) is 39.0 Å². The van der Waals surface area contributed by atoms with Crippen LogP contribution in [0.15, 0.2) is 24.3 Å². The molecule has 0 unspecified atom stereocenters. The highest BCUT2D eigenvalue weighted by molar-refractivity contribution is 5.76. The van der Waals surface area contributed by atoms with Crippen LogP contribution in [0.5, 0.6) is 0 Å². The Balaban J connectivity index is 1.77. The molecule has 92 valence electrons. The molecule has 0 bridgehead atoms. The van der Waals surface area contributed by atoms with Crippen molar-refractivity contribution >= 4 is 5.91 Å². The van der Waals surface area contributed by atoms with Gasteiger partial charge in [0.05, 0.1) is 0 Å². The fourth-order valence-corrected chi connectivity index (χ4v) is 2.53. The number of fused-ring (bicyclic) bond motifs is 1. The van der Waals surface area contributed by atoms with Crippen LogP contribution in [0.1, 0.15) is 37.3 Å². The third-order valence-corrected chi connectivity index (χ3v) is 3.46. The van der Waals surface area contributed by atoms with Gasteiger partial charge in [-0.05, 0) is 36.3 Å². The van der Waals surface area contributed by atoms with Crippen LogP contribution in [0.2, 0.25) is 0 Å². The maximum Gasteiger partial charge on any atom is 0.220 e. The van der Waals surface area contributed by atoms with Crippen molar-refractivity contribution in [1.29, 1.82) is 0 Å². The van der Waals surface area contributed by atoms with Gasteiger partial charge in [-0.15, -0.1) is 0 Å². The highest BCUT2D eigenvalue weighted by atomic mass is 16.1. The Morgan fingerprint density at radius 1 is 1.29 bits per heavy atom. The van der Waals surface area contributed by atoms with Gasteiger partial charge < -0.3 is 5.32 Å². The summed E-state index contributed by atoms with van der Waals surface area (Å²) in [7, 11) is 0. The zero-order valence-electron chi connectivity index (χ0n) is 10.5. The Morgan fingerprint density at radius 2 is 1.94 bits per heavy atom. The number of amides is 1. The van der Waals surface area contributed by atoms with E-state index in [0.29, 0.717) is 12.3 Å². The lowest BCUT2D eigenvalue weighted by molar-refractivity contribution is -0.121. The number of rotatable bonds is 5. The molecular formula is C15H21NO. The second-order valence-electron chi connectivity index (χ2n) is 4.95. The summed E-state index contributed by atoms with van der Waals surface area (Å²) in [5.41, 5.74) is 2.86. The summed E-state index contributed by atoms with van der Waals surface area (Å²) in [6, 6.07) is 8.54. The Bertz CT molecular complexity index is 361. The van der Waals surface area contributed by atoms with Crippen LogP contribution in [-0.4, -0.2) is 12.5 Å². The third kappa shape index (κ3) is 3.32. The van der Waals surface area contributed by atoms with Gasteiger partial charge in [-0.3, -0.25) is 4.79 Å². The van der Waals surface area contributed by atoms with E-state index in [-0.39, 0.29) is 5.91 Å². The number of hydrogen-bond acceptors (Lipinski definition) is 1. The number of hydrogen-bond donors (Lipinski definition) is 1. The molecule has 0 radical (unpaired) electrons. The molecule has 2 rings (SSSR count). The van der Waals surface area contributed by atoms with Crippen LogP contribution >= 0.6 is 0 Å². The lowest BCUT2D eigenvalue weighted by Crippen LogP contribution is -2.26. The van der Waals surface area contributed by atoms with Gasteiger partial charge in [0.1, 0.15) is 0 Å². The molecule has 0 fully saturated rings. The Hall–Kier alpha value is -1.31. The van der Waals surface area contributed by atoms with Gasteiger partial charge in [0.2, 0.25) is 5.91 Å². The second-order valence-corrected chi connectivity index (χ2v) is 4.95. The summed E-state index contributed by atoms with van der Waals surface area (Å²) in [6.45, 7) is 2.97. The second kappa shape index (κ2) is 5.85. The first-order valence-corrected chi connectivity index (χ1v) is 6.63. The lowest BCUT2D eigenvalue weighted by Gasteiger charge is -2.09. The van der Waals surface area contributed by atoms with Gasteiger partial charge in [0, 0.05) is 13.0 Å². The molecule has 1 aliphatic rings. The molecule has 0 aromatic heterocycles. The zero-order valence-corrected chi connectivity index (χ0v) is 10.5. The highest BCUT2D eigenvalue weighted by Gasteiger charge is 2.22. The number of carbonyl (C=O) groups is 1. The molecule has 1 amide bonds. The monoisotopic (exact) mass is 231 g/mol. The predicted octanol–water partition coefficient (Wildman–Crippen LogP) is 2.71. The van der Waals surface area contributed by atoms with Crippen molar-refractivity contribution in [3.63, 3.8) is 0 Å². The summed E-state index contributed by atoms with van der Waals surface area (Å²) in [4.78, 5) is 11.7. The van der Waals surface area contributed by atoms with Crippen molar-refractivity contribution in [3.05, 3.63) is 35.4 Å². The third-order valence-electron chi connectivity index (χ3n) is 3.46. The minimum atomic E-state index is 0.219. The summed E-state index contributed by atoms with van der Waals surface area (Å²) >= 11 is 0. The Morgan fingerprint density at radius 3 is 2.53 bits per heavy atom. The van der Waals surface area contributed by atoms with Crippen LogP contribution in [0.4, 0.5) is 0 Å². The van der Waals surface area contributed by atoms with Crippen molar-refractivity contribution in [1.82, 2.24) is 5.32 Å². The van der Waals surface area contributed by atoms with Crippen molar-refractivity contribution < 1.29 is 4.79 Å². The van der Waals surface area contributed by atoms with E-state index in [0.717, 1.165) is 32.2 Å². The minimum Gasteiger partial charge on any atom is -0.356 e. The first-order chi connectivity index (χ1) is 8.29. The normalized spacial score (nSPS) is 14.6. The molecule has 1 aliphatic carbocycles. The molecular weight excluding hydrogens is 210 g/mol. The maximum atomic E-state index is 11.7. The van der Waals surface area contributed by atoms with E-state index >= 15 is 0 Å². The number of unbranched alkanes of at least 4 members (excludes halogenated alkanes) is 1. The average Bonchev–Trinajstić information content (AvgIpc) is 2.71. The van der Waals surface area contributed by atoms with Gasteiger partial charge in [-0.1, -0.05) is 37.6 Å². The van der Waals surface area contributed by atoms with Crippen molar-refractivity contribution in [2.75, 3.05) is 6.54 Å². The van der Waals surface area contributed by atoms with Crippen LogP contribution in [0.3, 0.4) is 0 Å². The smallest absolute Gasteiger partial charge is 0.220 e. The fraction of sp³-hybridized carbons (Fsp3) is 0.533. The minimum absolute atomic E-state index is 0.219. The molecule has 17 heavy (non-hydrogen) atoms. The number of nitrogens with one attached hydrogen (secondary N) is 1. The molecule has 0 spiro atoms. The molecule has 1 aromatic rings. The first-order valence-electron chi connectivity index (χ1n) is 6.63. The quantitative estimate of drug-likeness (QED) is 0.776. The first kappa shape index (κ1) is 12.2. The molecule has 2 heteroatoms. The van der Waals surface area contributed by atoms with Gasteiger partial charge in [0.25, 0.3) is 0 Å². The molecule has 2 nitrogen and oxygen atoms in total. The van der Waals surface area contributed by atoms with Gasteiger partial charge in [0.15, 0.2) is 0 Å². The topological polar surface area (TPSA) is 29.1 Å². The molecule has 0 saturated heterocycles. The van der Waals surface area contributed by atoms with E-state index in [2.05, 4.69) is 36.5 Å². The fourth-order valence-electron chi connectivity index (χ4n) is 2.53. The van der Waals surface area contributed by atoms with Gasteiger partial charge in [-0.25, -0.2) is 0 Å². The van der Waals surface area contributed by atoms with E-state index in [4.69, 9.17) is 0 Å². The van der Waals surface area contributed by atoms with E-state index in [9.17, 15) is 4.79 Å². The highest BCUT2D eigenvalue weighted by Crippen LogP contribution is 2.28. The standard InChI is InChI=1S/C15H21NO/c1-2-3-8-16-15(17)11-12-9-13-6-4-5-7-14(13)10-12/h4-7,12H,2-3,8-11H2,1H3,(H,16,17). The molecule has 0 saturated carbocycles. The SMILES string of the molecule is CCCCNC(=O)CC1Cc2ccccc2C1. The van der Waals surface area contributed by atoms with Crippen LogP contribution in [0, 0.1) is 5.92 Å². The molecule has 0 atom stereocenters. The summed E-state index contributed by atoms with van der Waals surface area (Å²) < 4.78 is 0. The molecule has 1 N–H and O–H groups in total. The average molecular weight is 231 g/mol. The van der Waals surface area contributed by atoms with Gasteiger partial charge >= 0.3 is 0 Å². The molecule has 1 aromatic carbocycles. The van der Waals surface area contributed by atoms with E-state index < -0.39 is 0 Å². The van der Waals surface area contributed by atoms with Crippen LogP contribution in [-0.2, 0) is 17.6 Å². The molecule has 0 heterocycles. The predicted molar refractivity (Wildman–Crippen MR) is 69.9 cm³/mol.